The van der Waals surface area contributed by atoms with Crippen LogP contribution in [-0.2, 0) is 5.60 Å². The number of benzene rings is 2. The average molecular weight is 553 g/mol. The summed E-state index contributed by atoms with van der Waals surface area (Å²) in [5, 5.41) is 14.9. The third-order valence-corrected chi connectivity index (χ3v) is 7.95. The van der Waals surface area contributed by atoms with Gasteiger partial charge in [0.15, 0.2) is 11.5 Å². The van der Waals surface area contributed by atoms with Crippen molar-refractivity contribution in [3.63, 3.8) is 0 Å². The second kappa shape index (κ2) is 9.99. The molecule has 0 spiro atoms. The van der Waals surface area contributed by atoms with Gasteiger partial charge in [-0.25, -0.2) is 9.37 Å². The number of rotatable bonds is 9. The molecule has 1 aliphatic heterocycles. The topological polar surface area (TPSA) is 89.9 Å². The molecule has 0 radical (unpaired) electrons. The largest absolute Gasteiger partial charge is 0.493 e. The van der Waals surface area contributed by atoms with E-state index in [2.05, 4.69) is 5.32 Å². The van der Waals surface area contributed by atoms with E-state index in [1.54, 1.807) is 31.4 Å². The zero-order valence-corrected chi connectivity index (χ0v) is 22.6. The molecule has 0 unspecified atom stereocenters. The molecule has 2 fully saturated rings. The van der Waals surface area contributed by atoms with Gasteiger partial charge in [0.1, 0.15) is 22.9 Å². The number of pyridine rings is 1. The van der Waals surface area contributed by atoms with Crippen LogP contribution in [0.15, 0.2) is 42.5 Å². The summed E-state index contributed by atoms with van der Waals surface area (Å²) in [6, 6.07) is 11.3. The molecule has 2 heterocycles. The van der Waals surface area contributed by atoms with Crippen molar-refractivity contribution in [3.05, 3.63) is 70.1 Å². The summed E-state index contributed by atoms with van der Waals surface area (Å²) < 4.78 is 31.2. The van der Waals surface area contributed by atoms with Crippen molar-refractivity contribution in [3.8, 4) is 28.5 Å². The predicted molar refractivity (Wildman–Crippen MR) is 144 cm³/mol. The van der Waals surface area contributed by atoms with Gasteiger partial charge in [0.2, 0.25) is 0 Å². The molecule has 9 heteroatoms. The van der Waals surface area contributed by atoms with E-state index in [1.165, 1.54) is 12.1 Å². The molecule has 0 saturated heterocycles. The summed E-state index contributed by atoms with van der Waals surface area (Å²) in [5.41, 5.74) is 1.45. The minimum atomic E-state index is -1.40. The first-order valence-corrected chi connectivity index (χ1v) is 13.6. The van der Waals surface area contributed by atoms with Gasteiger partial charge in [0.25, 0.3) is 5.91 Å². The van der Waals surface area contributed by atoms with E-state index in [0.29, 0.717) is 46.4 Å². The van der Waals surface area contributed by atoms with E-state index < -0.39 is 11.4 Å². The third kappa shape index (κ3) is 5.03. The van der Waals surface area contributed by atoms with Gasteiger partial charge in [-0.3, -0.25) is 4.79 Å². The fourth-order valence-electron chi connectivity index (χ4n) is 5.02. The highest BCUT2D eigenvalue weighted by atomic mass is 35.5. The van der Waals surface area contributed by atoms with Gasteiger partial charge in [-0.05, 0) is 74.1 Å². The molecule has 2 atom stereocenters. The monoisotopic (exact) mass is 552 g/mol. The maximum Gasteiger partial charge on any atom is 0.251 e. The summed E-state index contributed by atoms with van der Waals surface area (Å²) >= 11 is 6.08. The van der Waals surface area contributed by atoms with Crippen LogP contribution >= 0.6 is 11.6 Å². The maximum absolute atomic E-state index is 13.9. The summed E-state index contributed by atoms with van der Waals surface area (Å²) in [4.78, 5) is 18.0. The fourth-order valence-corrected chi connectivity index (χ4v) is 5.20. The standard InChI is InChI=1S/C30H30ClFN2O5/c1-16-14-38-28-21(16)13-26(34-27(28)17-3-9-23(32)22(31)11-17)30(36,19-5-6-19)15-33-29(35)18-4-10-24(25(12-18)37-2)39-20-7-8-20/h3-4,9-13,16,19-20,36H,5-8,14-15H2,1-2H3,(H,33,35)/t16-,30-/m1/s1. The number of amides is 1. The molecule has 1 aromatic heterocycles. The van der Waals surface area contributed by atoms with Crippen LogP contribution in [0.3, 0.4) is 0 Å². The molecule has 3 aliphatic rings. The van der Waals surface area contributed by atoms with Crippen molar-refractivity contribution in [1.82, 2.24) is 10.3 Å². The minimum absolute atomic E-state index is 0.0202. The van der Waals surface area contributed by atoms with E-state index in [1.807, 2.05) is 13.0 Å². The normalized spacial score (nSPS) is 19.6. The fraction of sp³-hybridized carbons (Fsp3) is 0.400. The lowest BCUT2D eigenvalue weighted by Crippen LogP contribution is -2.43. The summed E-state index contributed by atoms with van der Waals surface area (Å²) in [6.45, 7) is 2.49. The molecule has 2 aliphatic carbocycles. The van der Waals surface area contributed by atoms with Gasteiger partial charge in [-0.15, -0.1) is 0 Å². The Morgan fingerprint density at radius 1 is 1.18 bits per heavy atom. The summed E-state index contributed by atoms with van der Waals surface area (Å²) in [6.07, 6.45) is 3.87. The van der Waals surface area contributed by atoms with Crippen LogP contribution in [0.1, 0.15) is 60.1 Å². The summed E-state index contributed by atoms with van der Waals surface area (Å²) in [7, 11) is 1.54. The lowest BCUT2D eigenvalue weighted by Gasteiger charge is -2.29. The van der Waals surface area contributed by atoms with Gasteiger partial charge in [0.05, 0.1) is 37.1 Å². The van der Waals surface area contributed by atoms with Crippen molar-refractivity contribution in [2.45, 2.75) is 50.2 Å². The van der Waals surface area contributed by atoms with Crippen LogP contribution in [0.25, 0.3) is 11.3 Å². The number of nitrogens with one attached hydrogen (secondary N) is 1. The molecule has 2 N–H and O–H groups in total. The van der Waals surface area contributed by atoms with Crippen molar-refractivity contribution < 1.29 is 28.5 Å². The molecular weight excluding hydrogens is 523 g/mol. The number of aromatic nitrogens is 1. The predicted octanol–water partition coefficient (Wildman–Crippen LogP) is 5.61. The number of nitrogens with zero attached hydrogens (tertiary/aromatic N) is 1. The SMILES string of the molecule is COc1cc(C(=O)NC[C@](O)(c2cc3c(c(-c4ccc(F)c(Cl)c4)n2)OC[C@H]3C)C2CC2)ccc1OC1CC1. The van der Waals surface area contributed by atoms with Gasteiger partial charge in [-0.1, -0.05) is 18.5 Å². The number of hydrogen-bond acceptors (Lipinski definition) is 6. The van der Waals surface area contributed by atoms with E-state index in [0.717, 1.165) is 31.2 Å². The lowest BCUT2D eigenvalue weighted by molar-refractivity contribution is 0.00949. The molecule has 6 rings (SSSR count). The number of ether oxygens (including phenoxy) is 3. The number of aliphatic hydroxyl groups is 1. The summed E-state index contributed by atoms with van der Waals surface area (Å²) in [5.74, 6) is 0.865. The van der Waals surface area contributed by atoms with Crippen LogP contribution in [-0.4, -0.2) is 42.4 Å². The van der Waals surface area contributed by atoms with Gasteiger partial charge < -0.3 is 24.6 Å². The number of methoxy groups -OCH3 is 1. The number of carbonyl (C=O) groups is 1. The van der Waals surface area contributed by atoms with E-state index in [9.17, 15) is 14.3 Å². The zero-order chi connectivity index (χ0) is 27.3. The Morgan fingerprint density at radius 3 is 2.67 bits per heavy atom. The lowest BCUT2D eigenvalue weighted by atomic mass is 9.89. The highest BCUT2D eigenvalue weighted by Crippen LogP contribution is 2.49. The molecule has 204 valence electrons. The zero-order valence-electron chi connectivity index (χ0n) is 21.8. The maximum atomic E-state index is 13.9. The quantitative estimate of drug-likeness (QED) is 0.358. The van der Waals surface area contributed by atoms with Gasteiger partial charge in [0, 0.05) is 22.6 Å². The molecular formula is C30H30ClFN2O5. The van der Waals surface area contributed by atoms with Crippen molar-refractivity contribution in [2.24, 2.45) is 5.92 Å². The Morgan fingerprint density at radius 2 is 1.97 bits per heavy atom. The van der Waals surface area contributed by atoms with Crippen LogP contribution in [0, 0.1) is 11.7 Å². The second-order valence-electron chi connectivity index (χ2n) is 10.7. The Bertz CT molecular complexity index is 1440. The third-order valence-electron chi connectivity index (χ3n) is 7.66. The second-order valence-corrected chi connectivity index (χ2v) is 11.1. The van der Waals surface area contributed by atoms with Crippen LogP contribution < -0.4 is 19.5 Å². The highest BCUT2D eigenvalue weighted by molar-refractivity contribution is 6.31. The van der Waals surface area contributed by atoms with Crippen molar-refractivity contribution in [2.75, 3.05) is 20.3 Å². The van der Waals surface area contributed by atoms with Crippen LogP contribution in [0.2, 0.25) is 5.02 Å². The van der Waals surface area contributed by atoms with Crippen molar-refractivity contribution in [1.29, 1.82) is 0 Å². The Balaban J connectivity index is 1.30. The molecule has 39 heavy (non-hydrogen) atoms. The van der Waals surface area contributed by atoms with Crippen LogP contribution in [0.5, 0.6) is 17.2 Å². The first-order valence-electron chi connectivity index (χ1n) is 13.3. The Kier molecular flexibility index (Phi) is 6.63. The number of halogens is 2. The minimum Gasteiger partial charge on any atom is -0.493 e. The van der Waals surface area contributed by atoms with E-state index in [-0.39, 0.29) is 35.4 Å². The molecule has 7 nitrogen and oxygen atoms in total. The molecule has 1 amide bonds. The molecule has 2 aromatic carbocycles. The van der Waals surface area contributed by atoms with Gasteiger partial charge >= 0.3 is 0 Å². The average Bonchev–Trinajstić information content (AvgIpc) is 3.88. The van der Waals surface area contributed by atoms with Gasteiger partial charge in [-0.2, -0.15) is 0 Å². The number of fused-ring (bicyclic) bond motifs is 1. The Hall–Kier alpha value is -3.36. The van der Waals surface area contributed by atoms with Crippen LogP contribution in [0.4, 0.5) is 4.39 Å². The van der Waals surface area contributed by atoms with E-state index in [4.69, 9.17) is 30.8 Å². The first-order chi connectivity index (χ1) is 18.8. The highest BCUT2D eigenvalue weighted by Gasteiger charge is 2.47. The molecule has 0 bridgehead atoms. The number of carbonyl (C=O) groups excluding carboxylic acids is 1. The molecule has 2 saturated carbocycles. The van der Waals surface area contributed by atoms with Crippen molar-refractivity contribution >= 4 is 17.5 Å². The first kappa shape index (κ1) is 25.9. The number of hydrogen-bond donors (Lipinski definition) is 2. The van der Waals surface area contributed by atoms with E-state index >= 15 is 0 Å². The molecule has 3 aromatic rings. The smallest absolute Gasteiger partial charge is 0.251 e. The Labute approximate surface area is 231 Å².